The van der Waals surface area contributed by atoms with Crippen molar-refractivity contribution < 1.29 is 12.3 Å². The predicted octanol–water partition coefficient (Wildman–Crippen LogP) is 2.97. The average Bonchev–Trinajstić information content (AvgIpc) is 2.15. The summed E-state index contributed by atoms with van der Waals surface area (Å²) in [6.45, 7) is 3.50. The molecule has 14 heavy (non-hydrogen) atoms. The molecule has 76 valence electrons. The maximum atomic E-state index is 12.8. The van der Waals surface area contributed by atoms with Gasteiger partial charge in [-0.2, -0.15) is 8.42 Å². The number of hydrogen-bond donors (Lipinski definition) is 0. The van der Waals surface area contributed by atoms with Gasteiger partial charge in [-0.15, -0.1) is 10.5 Å². The van der Waals surface area contributed by atoms with Gasteiger partial charge in [-0.05, 0) is 11.6 Å². The van der Waals surface area contributed by atoms with Crippen LogP contribution in [0.4, 0.5) is 3.89 Å². The monoisotopic (exact) mass is 278 g/mol. The van der Waals surface area contributed by atoms with E-state index in [9.17, 15) is 12.3 Å². The molecule has 5 heteroatoms. The largest absolute Gasteiger partial charge is 0.332 e. The van der Waals surface area contributed by atoms with Gasteiger partial charge in [0, 0.05) is 0 Å². The Labute approximate surface area is 90.8 Å². The Morgan fingerprint density at radius 2 is 2.00 bits per heavy atom. The van der Waals surface area contributed by atoms with Crippen LogP contribution >= 0.6 is 15.9 Å². The van der Waals surface area contributed by atoms with E-state index >= 15 is 0 Å². The minimum atomic E-state index is -4.67. The van der Waals surface area contributed by atoms with Crippen LogP contribution < -0.4 is 0 Å². The SMILES string of the molecule is C=CC(Br)c1ccccc1S(=O)(=O)F. The molecule has 0 aliphatic carbocycles. The Balaban J connectivity index is 3.37. The lowest BCUT2D eigenvalue weighted by atomic mass is 10.1. The number of alkyl halides is 1. The minimum Gasteiger partial charge on any atom is -0.189 e. The Morgan fingerprint density at radius 1 is 1.43 bits per heavy atom. The maximum Gasteiger partial charge on any atom is 0.332 e. The highest BCUT2D eigenvalue weighted by Crippen LogP contribution is 2.30. The summed E-state index contributed by atoms with van der Waals surface area (Å²) in [5.41, 5.74) is 0.352. The molecule has 0 fully saturated rings. The van der Waals surface area contributed by atoms with Gasteiger partial charge in [-0.3, -0.25) is 0 Å². The molecule has 1 aromatic rings. The molecular weight excluding hydrogens is 271 g/mol. The molecule has 1 unspecified atom stereocenters. The van der Waals surface area contributed by atoms with Crippen LogP contribution in [0.5, 0.6) is 0 Å². The predicted molar refractivity (Wildman–Crippen MR) is 56.6 cm³/mol. The first-order valence-corrected chi connectivity index (χ1v) is 6.07. The van der Waals surface area contributed by atoms with Crippen LogP contribution in [0.2, 0.25) is 0 Å². The fourth-order valence-corrected chi connectivity index (χ4v) is 2.33. The first kappa shape index (κ1) is 11.4. The van der Waals surface area contributed by atoms with E-state index in [-0.39, 0.29) is 9.72 Å². The topological polar surface area (TPSA) is 34.1 Å². The summed E-state index contributed by atoms with van der Waals surface area (Å²) in [6.07, 6.45) is 1.49. The second-order valence-electron chi connectivity index (χ2n) is 2.61. The Kier molecular flexibility index (Phi) is 3.44. The molecule has 0 spiro atoms. The van der Waals surface area contributed by atoms with Gasteiger partial charge >= 0.3 is 10.2 Å². The Hall–Kier alpha value is -0.680. The number of rotatable bonds is 3. The van der Waals surface area contributed by atoms with E-state index in [1.165, 1.54) is 24.3 Å². The first-order chi connectivity index (χ1) is 6.46. The van der Waals surface area contributed by atoms with Gasteiger partial charge in [0.15, 0.2) is 0 Å². The standard InChI is InChI=1S/C9H8BrFO2S/c1-2-8(10)7-5-3-4-6-9(7)14(11,12)13/h2-6,8H,1H2. The lowest BCUT2D eigenvalue weighted by molar-refractivity contribution is 0.551. The molecule has 1 atom stereocenters. The van der Waals surface area contributed by atoms with E-state index in [2.05, 4.69) is 22.5 Å². The highest BCUT2D eigenvalue weighted by Gasteiger charge is 2.19. The van der Waals surface area contributed by atoms with Crippen LogP contribution in [0.25, 0.3) is 0 Å². The van der Waals surface area contributed by atoms with E-state index in [4.69, 9.17) is 0 Å². The fourth-order valence-electron chi connectivity index (χ4n) is 1.06. The highest BCUT2D eigenvalue weighted by molar-refractivity contribution is 9.09. The zero-order valence-electron chi connectivity index (χ0n) is 7.15. The molecule has 0 bridgehead atoms. The quantitative estimate of drug-likeness (QED) is 0.484. The zero-order valence-corrected chi connectivity index (χ0v) is 9.55. The van der Waals surface area contributed by atoms with Crippen molar-refractivity contribution in [2.75, 3.05) is 0 Å². The van der Waals surface area contributed by atoms with Crippen molar-refractivity contribution >= 4 is 26.2 Å². The van der Waals surface area contributed by atoms with Crippen LogP contribution in [-0.4, -0.2) is 8.42 Å². The van der Waals surface area contributed by atoms with Gasteiger partial charge in [-0.1, -0.05) is 40.2 Å². The lowest BCUT2D eigenvalue weighted by Gasteiger charge is -2.07. The molecule has 0 aliphatic rings. The van der Waals surface area contributed by atoms with Gasteiger partial charge in [0.05, 0.1) is 4.83 Å². The van der Waals surface area contributed by atoms with Gasteiger partial charge in [0.2, 0.25) is 0 Å². The van der Waals surface area contributed by atoms with Crippen molar-refractivity contribution in [1.29, 1.82) is 0 Å². The van der Waals surface area contributed by atoms with Crippen LogP contribution in [-0.2, 0) is 10.2 Å². The second kappa shape index (κ2) is 4.23. The molecule has 0 heterocycles. The summed E-state index contributed by atoms with van der Waals surface area (Å²) < 4.78 is 34.3. The van der Waals surface area contributed by atoms with Gasteiger partial charge in [0.25, 0.3) is 0 Å². The highest BCUT2D eigenvalue weighted by atomic mass is 79.9. The molecular formula is C9H8BrFO2S. The molecule has 0 aliphatic heterocycles. The summed E-state index contributed by atoms with van der Waals surface area (Å²) in [7, 11) is -4.67. The van der Waals surface area contributed by atoms with E-state index in [0.717, 1.165) is 0 Å². The number of halogens is 2. The summed E-state index contributed by atoms with van der Waals surface area (Å²) in [5.74, 6) is 0. The van der Waals surface area contributed by atoms with E-state index < -0.39 is 10.2 Å². The van der Waals surface area contributed by atoms with Crippen LogP contribution in [0.1, 0.15) is 10.4 Å². The summed E-state index contributed by atoms with van der Waals surface area (Å²) >= 11 is 3.18. The van der Waals surface area contributed by atoms with Gasteiger partial charge in [0.1, 0.15) is 4.90 Å². The molecule has 1 aromatic carbocycles. The van der Waals surface area contributed by atoms with Crippen molar-refractivity contribution in [2.24, 2.45) is 0 Å². The fraction of sp³-hybridized carbons (Fsp3) is 0.111. The molecule has 0 amide bonds. The van der Waals surface area contributed by atoms with Gasteiger partial charge < -0.3 is 0 Å². The third-order valence-corrected chi connectivity index (χ3v) is 3.45. The third-order valence-electron chi connectivity index (χ3n) is 1.69. The summed E-state index contributed by atoms with van der Waals surface area (Å²) in [5, 5.41) is 0. The summed E-state index contributed by atoms with van der Waals surface area (Å²) in [4.78, 5) is -0.689. The minimum absolute atomic E-state index is 0.318. The van der Waals surface area contributed by atoms with Crippen molar-refractivity contribution in [3.63, 3.8) is 0 Å². The Morgan fingerprint density at radius 3 is 2.50 bits per heavy atom. The number of hydrogen-bond acceptors (Lipinski definition) is 2. The maximum absolute atomic E-state index is 12.8. The van der Waals surface area contributed by atoms with Gasteiger partial charge in [-0.25, -0.2) is 0 Å². The number of benzene rings is 1. The van der Waals surface area contributed by atoms with Crippen LogP contribution in [0.3, 0.4) is 0 Å². The van der Waals surface area contributed by atoms with E-state index in [0.29, 0.717) is 5.56 Å². The van der Waals surface area contributed by atoms with E-state index in [1.54, 1.807) is 6.07 Å². The first-order valence-electron chi connectivity index (χ1n) is 3.77. The van der Waals surface area contributed by atoms with Crippen LogP contribution in [0, 0.1) is 0 Å². The molecule has 0 saturated carbocycles. The normalized spacial score (nSPS) is 13.6. The average molecular weight is 279 g/mol. The van der Waals surface area contributed by atoms with Crippen LogP contribution in [0.15, 0.2) is 41.8 Å². The zero-order chi connectivity index (χ0) is 10.8. The molecule has 1 rings (SSSR count). The van der Waals surface area contributed by atoms with Crippen molar-refractivity contribution in [3.8, 4) is 0 Å². The van der Waals surface area contributed by atoms with Crippen molar-refractivity contribution in [2.45, 2.75) is 9.72 Å². The molecule has 0 radical (unpaired) electrons. The molecule has 0 N–H and O–H groups in total. The van der Waals surface area contributed by atoms with Crippen molar-refractivity contribution in [1.82, 2.24) is 0 Å². The second-order valence-corrected chi connectivity index (χ2v) is 4.92. The Bertz CT molecular complexity index is 442. The van der Waals surface area contributed by atoms with Crippen molar-refractivity contribution in [3.05, 3.63) is 42.5 Å². The molecule has 2 nitrogen and oxygen atoms in total. The third kappa shape index (κ3) is 2.42. The van der Waals surface area contributed by atoms with E-state index in [1.807, 2.05) is 0 Å². The molecule has 0 saturated heterocycles. The summed E-state index contributed by atoms with van der Waals surface area (Å²) in [6, 6.07) is 5.87. The smallest absolute Gasteiger partial charge is 0.189 e. The lowest BCUT2D eigenvalue weighted by Crippen LogP contribution is -1.99. The number of allylic oxidation sites excluding steroid dienone is 1. The molecule has 0 aromatic heterocycles.